The first-order chi connectivity index (χ1) is 17.0. The van der Waals surface area contributed by atoms with Crippen LogP contribution >= 0.6 is 11.3 Å². The van der Waals surface area contributed by atoms with Crippen molar-refractivity contribution in [1.29, 1.82) is 0 Å². The van der Waals surface area contributed by atoms with Crippen LogP contribution in [0.25, 0.3) is 10.2 Å². The largest absolute Gasteiger partial charge is 0.352 e. The minimum absolute atomic E-state index is 0.0109. The lowest BCUT2D eigenvalue weighted by Crippen LogP contribution is -2.49. The molecule has 2 aromatic heterocycles. The molecule has 1 aromatic carbocycles. The van der Waals surface area contributed by atoms with Gasteiger partial charge in [0.1, 0.15) is 16.5 Å². The Balaban J connectivity index is 1.38. The molecule has 1 fully saturated rings. The van der Waals surface area contributed by atoms with Crippen molar-refractivity contribution in [1.82, 2.24) is 19.8 Å². The number of hydrogen-bond donors (Lipinski definition) is 0. The Labute approximate surface area is 208 Å². The average Bonchev–Trinajstić information content (AvgIpc) is 3.25. The Morgan fingerprint density at radius 1 is 1.09 bits per heavy atom. The Kier molecular flexibility index (Phi) is 6.66. The highest BCUT2D eigenvalue weighted by atomic mass is 32.1. The van der Waals surface area contributed by atoms with Crippen molar-refractivity contribution in [3.8, 4) is 0 Å². The smallest absolute Gasteiger partial charge is 0.269 e. The summed E-state index contributed by atoms with van der Waals surface area (Å²) in [6.45, 7) is 10.0. The van der Waals surface area contributed by atoms with E-state index in [4.69, 9.17) is 9.97 Å². The summed E-state index contributed by atoms with van der Waals surface area (Å²) in [6.07, 6.45) is 2.87. The van der Waals surface area contributed by atoms with Crippen LogP contribution in [0.15, 0.2) is 24.3 Å². The third-order valence-electron chi connectivity index (χ3n) is 6.92. The topological polar surface area (TPSA) is 95.7 Å². The van der Waals surface area contributed by atoms with Gasteiger partial charge >= 0.3 is 0 Å². The van der Waals surface area contributed by atoms with Crippen molar-refractivity contribution >= 4 is 39.0 Å². The molecule has 0 aliphatic carbocycles. The lowest BCUT2D eigenvalue weighted by molar-refractivity contribution is -0.384. The molecule has 0 spiro atoms. The van der Waals surface area contributed by atoms with Gasteiger partial charge in [-0.25, -0.2) is 9.97 Å². The number of rotatable bonds is 6. The molecule has 0 bridgehead atoms. The van der Waals surface area contributed by atoms with E-state index < -0.39 is 4.92 Å². The Hall–Kier alpha value is -3.11. The standard InChI is InChI=1S/C25H30N6O3S/c1-3-5-21-26-23(22-19-10-11-28(4-2)16-20(19)35-24(22)27-21)29-12-14-30(15-13-29)25(32)17-6-8-18(9-7-17)31(33)34/h6-9H,3-5,10-16H2,1-2H3. The predicted octanol–water partition coefficient (Wildman–Crippen LogP) is 3.89. The van der Waals surface area contributed by atoms with E-state index in [1.807, 2.05) is 16.2 Å². The number of benzene rings is 1. The lowest BCUT2D eigenvalue weighted by Gasteiger charge is -2.36. The van der Waals surface area contributed by atoms with Crippen LogP contribution in [0.3, 0.4) is 0 Å². The summed E-state index contributed by atoms with van der Waals surface area (Å²) in [6, 6.07) is 5.84. The zero-order chi connectivity index (χ0) is 24.5. The van der Waals surface area contributed by atoms with Gasteiger partial charge in [-0.2, -0.15) is 0 Å². The lowest BCUT2D eigenvalue weighted by atomic mass is 10.0. The zero-order valence-corrected chi connectivity index (χ0v) is 21.0. The average molecular weight is 495 g/mol. The molecule has 1 amide bonds. The third kappa shape index (κ3) is 4.60. The highest BCUT2D eigenvalue weighted by molar-refractivity contribution is 7.19. The molecule has 0 radical (unpaired) electrons. The number of fused-ring (bicyclic) bond motifs is 3. The number of nitro groups is 1. The van der Waals surface area contributed by atoms with Crippen LogP contribution in [-0.2, 0) is 19.4 Å². The number of aromatic nitrogens is 2. The van der Waals surface area contributed by atoms with Crippen LogP contribution in [0, 0.1) is 10.1 Å². The monoisotopic (exact) mass is 494 g/mol. The fraction of sp³-hybridized carbons (Fsp3) is 0.480. The second-order valence-corrected chi connectivity index (χ2v) is 10.2. The highest BCUT2D eigenvalue weighted by Gasteiger charge is 2.29. The molecular formula is C25H30N6O3S. The third-order valence-corrected chi connectivity index (χ3v) is 8.03. The van der Waals surface area contributed by atoms with Gasteiger partial charge in [0, 0.05) is 68.3 Å². The van der Waals surface area contributed by atoms with Crippen LogP contribution in [0.4, 0.5) is 11.5 Å². The van der Waals surface area contributed by atoms with Gasteiger partial charge in [0.05, 0.1) is 10.3 Å². The summed E-state index contributed by atoms with van der Waals surface area (Å²) in [5.41, 5.74) is 1.87. The number of carbonyl (C=O) groups is 1. The van der Waals surface area contributed by atoms with Crippen molar-refractivity contribution in [3.63, 3.8) is 0 Å². The molecule has 0 N–H and O–H groups in total. The van der Waals surface area contributed by atoms with Crippen molar-refractivity contribution < 1.29 is 9.72 Å². The van der Waals surface area contributed by atoms with Crippen LogP contribution in [0.2, 0.25) is 0 Å². The maximum absolute atomic E-state index is 13.0. The van der Waals surface area contributed by atoms with Gasteiger partial charge < -0.3 is 9.80 Å². The molecule has 2 aliphatic rings. The zero-order valence-electron chi connectivity index (χ0n) is 20.2. The molecule has 0 saturated carbocycles. The fourth-order valence-corrected chi connectivity index (χ4v) is 6.21. The van der Waals surface area contributed by atoms with Crippen molar-refractivity contribution in [3.05, 3.63) is 56.2 Å². The molecule has 35 heavy (non-hydrogen) atoms. The number of nitrogens with zero attached hydrogens (tertiary/aromatic N) is 6. The van der Waals surface area contributed by atoms with Gasteiger partial charge in [-0.3, -0.25) is 19.8 Å². The molecule has 0 unspecified atom stereocenters. The van der Waals surface area contributed by atoms with E-state index in [0.717, 1.165) is 55.4 Å². The van der Waals surface area contributed by atoms with E-state index >= 15 is 0 Å². The Morgan fingerprint density at radius 3 is 2.49 bits per heavy atom. The first kappa shape index (κ1) is 23.6. The molecule has 184 valence electrons. The number of anilines is 1. The van der Waals surface area contributed by atoms with Crippen LogP contribution in [-0.4, -0.2) is 69.9 Å². The predicted molar refractivity (Wildman–Crippen MR) is 137 cm³/mol. The summed E-state index contributed by atoms with van der Waals surface area (Å²) in [7, 11) is 0. The summed E-state index contributed by atoms with van der Waals surface area (Å²) < 4.78 is 0. The molecule has 3 aromatic rings. The summed E-state index contributed by atoms with van der Waals surface area (Å²) in [5, 5.41) is 12.1. The van der Waals surface area contributed by atoms with E-state index in [9.17, 15) is 14.9 Å². The van der Waals surface area contributed by atoms with E-state index in [1.165, 1.54) is 40.1 Å². The molecule has 10 heteroatoms. The number of thiophene rings is 1. The number of nitro benzene ring substituents is 1. The maximum atomic E-state index is 13.0. The van der Waals surface area contributed by atoms with Crippen LogP contribution < -0.4 is 4.90 Å². The Bertz CT molecular complexity index is 1250. The molecular weight excluding hydrogens is 464 g/mol. The van der Waals surface area contributed by atoms with Gasteiger partial charge in [-0.1, -0.05) is 13.8 Å². The fourth-order valence-electron chi connectivity index (χ4n) is 4.94. The molecule has 5 rings (SSSR count). The van der Waals surface area contributed by atoms with E-state index in [-0.39, 0.29) is 11.6 Å². The number of hydrogen-bond acceptors (Lipinski definition) is 8. The van der Waals surface area contributed by atoms with E-state index in [0.29, 0.717) is 31.7 Å². The maximum Gasteiger partial charge on any atom is 0.269 e. The van der Waals surface area contributed by atoms with Crippen LogP contribution in [0.5, 0.6) is 0 Å². The molecule has 0 atom stereocenters. The van der Waals surface area contributed by atoms with E-state index in [2.05, 4.69) is 23.6 Å². The molecule has 9 nitrogen and oxygen atoms in total. The van der Waals surface area contributed by atoms with Gasteiger partial charge in [0.2, 0.25) is 0 Å². The highest BCUT2D eigenvalue weighted by Crippen LogP contribution is 2.39. The normalized spacial score (nSPS) is 16.5. The molecule has 4 heterocycles. The van der Waals surface area contributed by atoms with Crippen molar-refractivity contribution in [2.75, 3.05) is 44.2 Å². The first-order valence-corrected chi connectivity index (χ1v) is 13.1. The Morgan fingerprint density at radius 2 is 1.83 bits per heavy atom. The number of likely N-dealkylation sites (N-methyl/N-ethyl adjacent to an activating group) is 1. The molecule has 1 saturated heterocycles. The number of piperazine rings is 1. The number of amides is 1. The van der Waals surface area contributed by atoms with Crippen LogP contribution in [0.1, 0.15) is 46.9 Å². The van der Waals surface area contributed by atoms with Gasteiger partial charge in [-0.15, -0.1) is 11.3 Å². The minimum Gasteiger partial charge on any atom is -0.352 e. The molecule has 2 aliphatic heterocycles. The summed E-state index contributed by atoms with van der Waals surface area (Å²) >= 11 is 1.81. The number of carbonyl (C=O) groups excluding carboxylic acids is 1. The quantitative estimate of drug-likeness (QED) is 0.379. The van der Waals surface area contributed by atoms with Crippen molar-refractivity contribution in [2.45, 2.75) is 39.7 Å². The van der Waals surface area contributed by atoms with E-state index in [1.54, 1.807) is 0 Å². The van der Waals surface area contributed by atoms with Gasteiger partial charge in [0.15, 0.2) is 0 Å². The number of non-ortho nitro benzene ring substituents is 1. The second-order valence-electron chi connectivity index (χ2n) is 9.10. The minimum atomic E-state index is -0.453. The number of aryl methyl sites for hydroxylation is 1. The summed E-state index contributed by atoms with van der Waals surface area (Å²) in [4.78, 5) is 42.5. The summed E-state index contributed by atoms with van der Waals surface area (Å²) in [5.74, 6) is 1.82. The first-order valence-electron chi connectivity index (χ1n) is 12.3. The SMILES string of the molecule is CCCc1nc(N2CCN(C(=O)c3ccc([N+](=O)[O-])cc3)CC2)c2c3c(sc2n1)CN(CC)CC3. The van der Waals surface area contributed by atoms with Crippen molar-refractivity contribution in [2.24, 2.45) is 0 Å². The second kappa shape index (κ2) is 9.87. The van der Waals surface area contributed by atoms with Gasteiger partial charge in [0.25, 0.3) is 11.6 Å². The van der Waals surface area contributed by atoms with Gasteiger partial charge in [-0.05, 0) is 37.1 Å².